The highest BCUT2D eigenvalue weighted by atomic mass is 35.5. The molecule has 0 heterocycles. The van der Waals surface area contributed by atoms with Gasteiger partial charge in [-0.15, -0.1) is 0 Å². The molecule has 0 radical (unpaired) electrons. The number of carbonyl (C=O) groups excluding carboxylic acids is 1. The number of rotatable bonds is 7. The first kappa shape index (κ1) is 22.3. The molecule has 0 spiro atoms. The number of methoxy groups -OCH3 is 1. The Balaban J connectivity index is 2.28. The second kappa shape index (κ2) is 9.03. The Morgan fingerprint density at radius 2 is 1.75 bits per heavy atom. The van der Waals surface area contributed by atoms with Crippen LogP contribution >= 0.6 is 23.2 Å². The van der Waals surface area contributed by atoms with Gasteiger partial charge in [-0.25, -0.2) is 8.42 Å². The molecule has 0 fully saturated rings. The van der Waals surface area contributed by atoms with Gasteiger partial charge in [0, 0.05) is 18.6 Å². The van der Waals surface area contributed by atoms with E-state index in [-0.39, 0.29) is 16.6 Å². The van der Waals surface area contributed by atoms with E-state index in [4.69, 9.17) is 27.9 Å². The standard InChI is InChI=1S/C19H22Cl2N2O4S/c1-13(19(24)22(2)12-14-5-8-16(27-3)9-6-14)23(28(4,25)26)18-11-15(20)7-10-17(18)21/h5-11,13H,12H2,1-4H3/t13-/m0/s1. The third kappa shape index (κ3) is 5.31. The molecule has 9 heteroatoms. The van der Waals surface area contributed by atoms with Crippen LogP contribution in [0.3, 0.4) is 0 Å². The molecule has 0 saturated carbocycles. The van der Waals surface area contributed by atoms with Crippen molar-refractivity contribution < 1.29 is 17.9 Å². The van der Waals surface area contributed by atoms with Gasteiger partial charge < -0.3 is 9.64 Å². The first-order valence-electron chi connectivity index (χ1n) is 8.37. The van der Waals surface area contributed by atoms with Crippen molar-refractivity contribution in [2.24, 2.45) is 0 Å². The minimum absolute atomic E-state index is 0.162. The van der Waals surface area contributed by atoms with Crippen molar-refractivity contribution in [1.29, 1.82) is 0 Å². The number of nitrogens with zero attached hydrogens (tertiary/aromatic N) is 2. The maximum Gasteiger partial charge on any atom is 0.246 e. The molecule has 2 aromatic carbocycles. The van der Waals surface area contributed by atoms with E-state index in [2.05, 4.69) is 0 Å². The fourth-order valence-electron chi connectivity index (χ4n) is 2.83. The Bertz CT molecular complexity index is 949. The van der Waals surface area contributed by atoms with Crippen LogP contribution in [0.5, 0.6) is 5.75 Å². The topological polar surface area (TPSA) is 66.9 Å². The highest BCUT2D eigenvalue weighted by Crippen LogP contribution is 2.32. The highest BCUT2D eigenvalue weighted by Gasteiger charge is 2.32. The smallest absolute Gasteiger partial charge is 0.246 e. The Morgan fingerprint density at radius 1 is 1.14 bits per heavy atom. The van der Waals surface area contributed by atoms with Crippen LogP contribution in [0, 0.1) is 0 Å². The van der Waals surface area contributed by atoms with E-state index in [0.717, 1.165) is 16.1 Å². The molecule has 152 valence electrons. The van der Waals surface area contributed by atoms with Crippen molar-refractivity contribution in [3.8, 4) is 5.75 Å². The van der Waals surface area contributed by atoms with E-state index in [1.54, 1.807) is 32.4 Å². The van der Waals surface area contributed by atoms with Crippen LogP contribution < -0.4 is 9.04 Å². The Hall–Kier alpha value is -1.96. The number of carbonyl (C=O) groups is 1. The van der Waals surface area contributed by atoms with Crippen LogP contribution in [0.2, 0.25) is 10.0 Å². The first-order chi connectivity index (χ1) is 13.0. The van der Waals surface area contributed by atoms with Gasteiger partial charge in [0.1, 0.15) is 11.8 Å². The van der Waals surface area contributed by atoms with Gasteiger partial charge in [0.15, 0.2) is 0 Å². The predicted octanol–water partition coefficient (Wildman–Crippen LogP) is 3.82. The number of anilines is 1. The minimum atomic E-state index is -3.79. The molecule has 0 aliphatic carbocycles. The number of benzene rings is 2. The molecule has 28 heavy (non-hydrogen) atoms. The van der Waals surface area contributed by atoms with Gasteiger partial charge in [-0.2, -0.15) is 0 Å². The van der Waals surface area contributed by atoms with E-state index < -0.39 is 16.1 Å². The summed E-state index contributed by atoms with van der Waals surface area (Å²) in [6.45, 7) is 1.83. The molecule has 1 atom stereocenters. The molecule has 0 unspecified atom stereocenters. The monoisotopic (exact) mass is 444 g/mol. The number of likely N-dealkylation sites (N-methyl/N-ethyl adjacent to an activating group) is 1. The molecule has 0 aromatic heterocycles. The van der Waals surface area contributed by atoms with Crippen LogP contribution in [-0.2, 0) is 21.4 Å². The van der Waals surface area contributed by atoms with E-state index >= 15 is 0 Å². The highest BCUT2D eigenvalue weighted by molar-refractivity contribution is 7.92. The van der Waals surface area contributed by atoms with Crippen LogP contribution in [0.1, 0.15) is 12.5 Å². The molecule has 2 aromatic rings. The summed E-state index contributed by atoms with van der Waals surface area (Å²) >= 11 is 12.2. The van der Waals surface area contributed by atoms with Crippen LogP contribution in [0.4, 0.5) is 5.69 Å². The van der Waals surface area contributed by atoms with E-state index in [1.807, 2.05) is 12.1 Å². The SMILES string of the molecule is COc1ccc(CN(C)C(=O)[C@H](C)N(c2cc(Cl)ccc2Cl)S(C)(=O)=O)cc1. The quantitative estimate of drug-likeness (QED) is 0.650. The fourth-order valence-corrected chi connectivity index (χ4v) is 4.43. The summed E-state index contributed by atoms with van der Waals surface area (Å²) in [7, 11) is -0.600. The van der Waals surface area contributed by atoms with Crippen molar-refractivity contribution in [3.05, 3.63) is 58.1 Å². The number of ether oxygens (including phenoxy) is 1. The number of hydrogen-bond donors (Lipinski definition) is 0. The summed E-state index contributed by atoms with van der Waals surface area (Å²) in [4.78, 5) is 14.4. The molecular weight excluding hydrogens is 423 g/mol. The van der Waals surface area contributed by atoms with E-state index in [0.29, 0.717) is 17.3 Å². The summed E-state index contributed by atoms with van der Waals surface area (Å²) < 4.78 is 31.0. The summed E-state index contributed by atoms with van der Waals surface area (Å²) in [5.74, 6) is 0.335. The zero-order chi connectivity index (χ0) is 21.1. The first-order valence-corrected chi connectivity index (χ1v) is 11.0. The van der Waals surface area contributed by atoms with Gasteiger partial charge in [0.05, 0.1) is 24.1 Å². The van der Waals surface area contributed by atoms with Crippen molar-refractivity contribution >= 4 is 44.8 Å². The molecule has 2 rings (SSSR count). The molecule has 0 N–H and O–H groups in total. The summed E-state index contributed by atoms with van der Waals surface area (Å²) in [6, 6.07) is 10.8. The molecule has 6 nitrogen and oxygen atoms in total. The van der Waals surface area contributed by atoms with Gasteiger partial charge in [0.2, 0.25) is 15.9 Å². The van der Waals surface area contributed by atoms with Crippen molar-refractivity contribution in [1.82, 2.24) is 4.90 Å². The number of amides is 1. The molecule has 0 bridgehead atoms. The van der Waals surface area contributed by atoms with Gasteiger partial charge in [-0.3, -0.25) is 9.10 Å². The van der Waals surface area contributed by atoms with Crippen LogP contribution in [-0.4, -0.2) is 45.7 Å². The van der Waals surface area contributed by atoms with Gasteiger partial charge >= 0.3 is 0 Å². The largest absolute Gasteiger partial charge is 0.497 e. The van der Waals surface area contributed by atoms with Crippen molar-refractivity contribution in [3.63, 3.8) is 0 Å². The average molecular weight is 445 g/mol. The second-order valence-corrected chi connectivity index (χ2v) is 9.08. The fraction of sp³-hybridized carbons (Fsp3) is 0.316. The maximum absolute atomic E-state index is 12.9. The maximum atomic E-state index is 12.9. The predicted molar refractivity (Wildman–Crippen MR) is 113 cm³/mol. The average Bonchev–Trinajstić information content (AvgIpc) is 2.63. The number of halogens is 2. The van der Waals surface area contributed by atoms with Crippen molar-refractivity contribution in [2.75, 3.05) is 24.7 Å². The lowest BCUT2D eigenvalue weighted by molar-refractivity contribution is -0.131. The Morgan fingerprint density at radius 3 is 2.29 bits per heavy atom. The lowest BCUT2D eigenvalue weighted by Gasteiger charge is -2.31. The Labute approximate surface area is 175 Å². The zero-order valence-electron chi connectivity index (χ0n) is 16.0. The minimum Gasteiger partial charge on any atom is -0.497 e. The molecule has 0 aliphatic heterocycles. The van der Waals surface area contributed by atoms with Gasteiger partial charge in [-0.1, -0.05) is 35.3 Å². The van der Waals surface area contributed by atoms with Crippen LogP contribution in [0.15, 0.2) is 42.5 Å². The normalized spacial score (nSPS) is 12.4. The van der Waals surface area contributed by atoms with Gasteiger partial charge in [0.25, 0.3) is 0 Å². The van der Waals surface area contributed by atoms with Gasteiger partial charge in [-0.05, 0) is 42.8 Å². The third-order valence-electron chi connectivity index (χ3n) is 4.17. The Kier molecular flexibility index (Phi) is 7.20. The molecular formula is C19H22Cl2N2O4S. The zero-order valence-corrected chi connectivity index (χ0v) is 18.3. The third-order valence-corrected chi connectivity index (χ3v) is 5.95. The number of sulfonamides is 1. The van der Waals surface area contributed by atoms with E-state index in [1.165, 1.54) is 24.0 Å². The molecule has 0 saturated heterocycles. The van der Waals surface area contributed by atoms with Crippen molar-refractivity contribution in [2.45, 2.75) is 19.5 Å². The summed E-state index contributed by atoms with van der Waals surface area (Å²) in [5, 5.41) is 0.506. The molecule has 0 aliphatic rings. The number of hydrogen-bond acceptors (Lipinski definition) is 4. The second-order valence-electron chi connectivity index (χ2n) is 6.37. The summed E-state index contributed by atoms with van der Waals surface area (Å²) in [6.07, 6.45) is 1.03. The van der Waals surface area contributed by atoms with Crippen LogP contribution in [0.25, 0.3) is 0 Å². The van der Waals surface area contributed by atoms with E-state index in [9.17, 15) is 13.2 Å². The lowest BCUT2D eigenvalue weighted by Crippen LogP contribution is -2.48. The summed E-state index contributed by atoms with van der Waals surface area (Å²) in [5.41, 5.74) is 1.05. The molecule has 1 amide bonds. The lowest BCUT2D eigenvalue weighted by atomic mass is 10.2.